The van der Waals surface area contributed by atoms with Crippen LogP contribution in [0.4, 0.5) is 0 Å². The van der Waals surface area contributed by atoms with E-state index in [9.17, 15) is 50.1 Å². The summed E-state index contributed by atoms with van der Waals surface area (Å²) >= 11 is 0. The van der Waals surface area contributed by atoms with Gasteiger partial charge in [0.2, 0.25) is 17.7 Å². The SMILES string of the molecule is CC(=O)NC1C(O)CC(CO)OC1OC1C(CO)OC(OC2C(CO)OC(O)C(NC(C)=O)C2O)C(NC(C)=O)C1O. The maximum atomic E-state index is 12.1. The molecule has 3 saturated heterocycles. The van der Waals surface area contributed by atoms with Gasteiger partial charge in [-0.25, -0.2) is 0 Å². The molecule has 0 spiro atoms. The summed E-state index contributed by atoms with van der Waals surface area (Å²) in [5, 5.41) is 79.9. The molecule has 0 aliphatic carbocycles. The molecule has 0 aromatic rings. The predicted octanol–water partition coefficient (Wildman–Crippen LogP) is -6.11. The molecular weight excluding hydrogens is 570 g/mol. The molecule has 18 nitrogen and oxygen atoms in total. The van der Waals surface area contributed by atoms with Gasteiger partial charge in [-0.2, -0.15) is 0 Å². The van der Waals surface area contributed by atoms with Crippen LogP contribution >= 0.6 is 0 Å². The highest BCUT2D eigenvalue weighted by Gasteiger charge is 2.53. The first-order valence-corrected chi connectivity index (χ1v) is 13.4. The van der Waals surface area contributed by atoms with Gasteiger partial charge in [0.25, 0.3) is 0 Å². The van der Waals surface area contributed by atoms with Crippen LogP contribution in [0.15, 0.2) is 0 Å². The molecule has 18 heteroatoms. The molecule has 0 aromatic heterocycles. The lowest BCUT2D eigenvalue weighted by atomic mass is 9.94. The molecule has 3 aliphatic heterocycles. The molecule has 0 saturated carbocycles. The van der Waals surface area contributed by atoms with Crippen molar-refractivity contribution in [1.82, 2.24) is 16.0 Å². The van der Waals surface area contributed by atoms with Gasteiger partial charge in [-0.1, -0.05) is 0 Å². The molecule has 3 heterocycles. The minimum atomic E-state index is -1.71. The highest BCUT2D eigenvalue weighted by atomic mass is 16.7. The Morgan fingerprint density at radius 3 is 1.62 bits per heavy atom. The summed E-state index contributed by atoms with van der Waals surface area (Å²) in [6.07, 6.45) is -15.9. The molecule has 242 valence electrons. The number of aliphatic hydroxyl groups excluding tert-OH is 7. The van der Waals surface area contributed by atoms with E-state index >= 15 is 0 Å². The number of carbonyl (C=O) groups is 3. The van der Waals surface area contributed by atoms with Crippen molar-refractivity contribution in [3.63, 3.8) is 0 Å². The van der Waals surface area contributed by atoms with Crippen molar-refractivity contribution in [3.05, 3.63) is 0 Å². The largest absolute Gasteiger partial charge is 0.394 e. The molecule has 14 atom stereocenters. The van der Waals surface area contributed by atoms with Crippen LogP contribution in [0.5, 0.6) is 0 Å². The second-order valence-electron chi connectivity index (χ2n) is 10.4. The van der Waals surface area contributed by atoms with Gasteiger partial charge in [-0.3, -0.25) is 14.4 Å². The van der Waals surface area contributed by atoms with E-state index in [0.717, 1.165) is 13.8 Å². The van der Waals surface area contributed by atoms with Crippen molar-refractivity contribution in [2.24, 2.45) is 0 Å². The molecular formula is C24H41N3O15. The highest BCUT2D eigenvalue weighted by molar-refractivity contribution is 5.74. The van der Waals surface area contributed by atoms with Crippen molar-refractivity contribution in [3.8, 4) is 0 Å². The van der Waals surface area contributed by atoms with E-state index in [1.807, 2.05) is 0 Å². The zero-order valence-electron chi connectivity index (χ0n) is 23.3. The van der Waals surface area contributed by atoms with E-state index < -0.39 is 123 Å². The minimum absolute atomic E-state index is 0.0368. The first-order valence-electron chi connectivity index (χ1n) is 13.4. The van der Waals surface area contributed by atoms with E-state index in [2.05, 4.69) is 16.0 Å². The lowest BCUT2D eigenvalue weighted by molar-refractivity contribution is -0.347. The van der Waals surface area contributed by atoms with Gasteiger partial charge in [-0.05, 0) is 0 Å². The van der Waals surface area contributed by atoms with Crippen molar-refractivity contribution < 1.29 is 73.8 Å². The van der Waals surface area contributed by atoms with Crippen LogP contribution in [0.2, 0.25) is 0 Å². The van der Waals surface area contributed by atoms with E-state index in [1.54, 1.807) is 0 Å². The number of ether oxygens (including phenoxy) is 5. The van der Waals surface area contributed by atoms with Crippen LogP contribution in [-0.4, -0.2) is 159 Å². The Labute approximate surface area is 240 Å². The van der Waals surface area contributed by atoms with E-state index in [4.69, 9.17) is 23.7 Å². The van der Waals surface area contributed by atoms with Crippen LogP contribution in [0.1, 0.15) is 27.2 Å². The van der Waals surface area contributed by atoms with Gasteiger partial charge in [0.15, 0.2) is 18.9 Å². The fourth-order valence-electron chi connectivity index (χ4n) is 5.25. The summed E-state index contributed by atoms with van der Waals surface area (Å²) in [6.45, 7) is 1.45. The summed E-state index contributed by atoms with van der Waals surface area (Å²) in [5.74, 6) is -1.79. The molecule has 3 fully saturated rings. The summed E-state index contributed by atoms with van der Waals surface area (Å²) in [7, 11) is 0. The number of amides is 3. The number of nitrogens with one attached hydrogen (secondary N) is 3. The summed E-state index contributed by atoms with van der Waals surface area (Å²) in [4.78, 5) is 35.5. The van der Waals surface area contributed by atoms with Gasteiger partial charge in [0.1, 0.15) is 54.7 Å². The van der Waals surface area contributed by atoms with Crippen molar-refractivity contribution in [1.29, 1.82) is 0 Å². The van der Waals surface area contributed by atoms with Gasteiger partial charge in [-0.15, -0.1) is 0 Å². The van der Waals surface area contributed by atoms with Crippen molar-refractivity contribution >= 4 is 17.7 Å². The topological polar surface area (TPSA) is 275 Å². The maximum absolute atomic E-state index is 12.1. The van der Waals surface area contributed by atoms with E-state index in [0.29, 0.717) is 0 Å². The molecule has 10 N–H and O–H groups in total. The fourth-order valence-corrected chi connectivity index (χ4v) is 5.25. The maximum Gasteiger partial charge on any atom is 0.217 e. The average molecular weight is 612 g/mol. The summed E-state index contributed by atoms with van der Waals surface area (Å²) in [5.41, 5.74) is 0. The Morgan fingerprint density at radius 2 is 1.12 bits per heavy atom. The summed E-state index contributed by atoms with van der Waals surface area (Å²) < 4.78 is 28.6. The number of aliphatic hydroxyl groups is 7. The number of rotatable bonds is 10. The lowest BCUT2D eigenvalue weighted by Crippen LogP contribution is -2.70. The fraction of sp³-hybridized carbons (Fsp3) is 0.875. The average Bonchev–Trinajstić information content (AvgIpc) is 2.92. The second kappa shape index (κ2) is 15.1. The zero-order valence-corrected chi connectivity index (χ0v) is 23.3. The van der Waals surface area contributed by atoms with E-state index in [-0.39, 0.29) is 6.42 Å². The minimum Gasteiger partial charge on any atom is -0.394 e. The number of hydrogen-bond donors (Lipinski definition) is 10. The predicted molar refractivity (Wildman–Crippen MR) is 135 cm³/mol. The van der Waals surface area contributed by atoms with Crippen LogP contribution in [0.25, 0.3) is 0 Å². The van der Waals surface area contributed by atoms with Crippen LogP contribution in [0.3, 0.4) is 0 Å². The Bertz CT molecular complexity index is 930. The standard InChI is InChI=1S/C24H41N3O15/c1-8(31)25-15-12(34)4-11(5-28)38-23(15)41-21-14(7-30)40-24(17(19(21)36)27-10(3)33)42-20-13(6-29)39-22(37)16(18(20)35)26-9(2)32/h11-24,28-30,34-37H,4-7H2,1-3H3,(H,25,31)(H,26,32)(H,27,33). The van der Waals surface area contributed by atoms with Gasteiger partial charge >= 0.3 is 0 Å². The molecule has 3 rings (SSSR count). The molecule has 3 amide bonds. The Balaban J connectivity index is 1.88. The lowest BCUT2D eigenvalue weighted by Gasteiger charge is -2.49. The third kappa shape index (κ3) is 8.10. The molecule has 0 bridgehead atoms. The molecule has 0 radical (unpaired) electrons. The highest BCUT2D eigenvalue weighted by Crippen LogP contribution is 2.32. The summed E-state index contributed by atoms with van der Waals surface area (Å²) in [6, 6.07) is -3.95. The molecule has 3 aliphatic rings. The van der Waals surface area contributed by atoms with Gasteiger partial charge in [0.05, 0.1) is 32.0 Å². The second-order valence-corrected chi connectivity index (χ2v) is 10.4. The van der Waals surface area contributed by atoms with Crippen molar-refractivity contribution in [2.45, 2.75) is 113 Å². The quantitative estimate of drug-likeness (QED) is 0.110. The molecule has 14 unspecified atom stereocenters. The Morgan fingerprint density at radius 1 is 0.667 bits per heavy atom. The van der Waals surface area contributed by atoms with E-state index in [1.165, 1.54) is 6.92 Å². The van der Waals surface area contributed by atoms with Crippen LogP contribution in [0, 0.1) is 0 Å². The molecule has 42 heavy (non-hydrogen) atoms. The number of carbonyl (C=O) groups excluding carboxylic acids is 3. The Hall–Kier alpha value is -2.07. The van der Waals surface area contributed by atoms with Crippen LogP contribution in [-0.2, 0) is 38.1 Å². The zero-order chi connectivity index (χ0) is 31.3. The first-order chi connectivity index (χ1) is 19.8. The third-order valence-electron chi connectivity index (χ3n) is 7.16. The third-order valence-corrected chi connectivity index (χ3v) is 7.16. The normalized spacial score (nSPS) is 42.4. The monoisotopic (exact) mass is 611 g/mol. The van der Waals surface area contributed by atoms with Gasteiger partial charge in [0, 0.05) is 27.2 Å². The smallest absolute Gasteiger partial charge is 0.217 e. The van der Waals surface area contributed by atoms with Crippen molar-refractivity contribution in [2.75, 3.05) is 19.8 Å². The molecule has 0 aromatic carbocycles. The number of hydrogen-bond acceptors (Lipinski definition) is 15. The van der Waals surface area contributed by atoms with Crippen LogP contribution < -0.4 is 16.0 Å². The van der Waals surface area contributed by atoms with Gasteiger partial charge < -0.3 is 75.4 Å². The Kier molecular flexibility index (Phi) is 12.4. The first kappa shape index (κ1) is 34.4.